The maximum absolute atomic E-state index is 12.8. The second-order valence-electron chi connectivity index (χ2n) is 8.98. The van der Waals surface area contributed by atoms with E-state index in [1.165, 1.54) is 19.6 Å². The lowest BCUT2D eigenvalue weighted by atomic mass is 10.00. The largest absolute Gasteiger partial charge is 0.444 e. The molecule has 0 aliphatic heterocycles. The summed E-state index contributed by atoms with van der Waals surface area (Å²) in [6.07, 6.45) is -0.491. The van der Waals surface area contributed by atoms with E-state index in [-0.39, 0.29) is 11.6 Å². The molecular weight excluding hydrogens is 452 g/mol. The van der Waals surface area contributed by atoms with Crippen LogP contribution in [0.3, 0.4) is 0 Å². The van der Waals surface area contributed by atoms with E-state index < -0.39 is 35.5 Å². The van der Waals surface area contributed by atoms with Gasteiger partial charge in [-0.05, 0) is 56.5 Å². The summed E-state index contributed by atoms with van der Waals surface area (Å²) in [7, 11) is 2.63. The summed E-state index contributed by atoms with van der Waals surface area (Å²) in [4.78, 5) is 49.7. The standard InChI is InChI=1S/C25H32N4O6/c1-15(27-24(33)35-25(2,3)4)16-7-9-17(10-8-16)18-11-13-19(14-12-18)23(32)29(6)20(21(30)26-5)22(31)28-34/h7-15,20,34H,1-6H3,(H,26,30)(H,27,33)(H,28,31)/t15-,20?/m1/s1. The molecule has 0 spiro atoms. The highest BCUT2D eigenvalue weighted by atomic mass is 16.6. The average Bonchev–Trinajstić information content (AvgIpc) is 2.82. The number of carbonyl (C=O) groups excluding carboxylic acids is 4. The number of carbonyl (C=O) groups is 4. The van der Waals surface area contributed by atoms with Crippen molar-refractivity contribution in [2.45, 2.75) is 45.4 Å². The molecule has 10 heteroatoms. The Morgan fingerprint density at radius 3 is 1.89 bits per heavy atom. The van der Waals surface area contributed by atoms with Crippen molar-refractivity contribution in [2.75, 3.05) is 14.1 Å². The summed E-state index contributed by atoms with van der Waals surface area (Å²) < 4.78 is 5.29. The number of nitrogens with zero attached hydrogens (tertiary/aromatic N) is 1. The Hall–Kier alpha value is -3.92. The quantitative estimate of drug-likeness (QED) is 0.271. The van der Waals surface area contributed by atoms with Crippen LogP contribution in [-0.2, 0) is 14.3 Å². The van der Waals surface area contributed by atoms with E-state index in [2.05, 4.69) is 10.6 Å². The van der Waals surface area contributed by atoms with Crippen LogP contribution in [-0.4, -0.2) is 59.7 Å². The van der Waals surface area contributed by atoms with Crippen LogP contribution in [0.4, 0.5) is 4.79 Å². The van der Waals surface area contributed by atoms with Crippen molar-refractivity contribution < 1.29 is 29.1 Å². The first-order valence-electron chi connectivity index (χ1n) is 11.0. The molecule has 2 atom stereocenters. The Morgan fingerprint density at radius 2 is 1.43 bits per heavy atom. The number of rotatable bonds is 7. The molecule has 0 aliphatic rings. The summed E-state index contributed by atoms with van der Waals surface area (Å²) in [6, 6.07) is 12.5. The molecule has 2 rings (SSSR count). The Kier molecular flexibility index (Phi) is 8.96. The summed E-state index contributed by atoms with van der Waals surface area (Å²) in [5, 5.41) is 14.0. The molecule has 0 fully saturated rings. The smallest absolute Gasteiger partial charge is 0.408 e. The van der Waals surface area contributed by atoms with Crippen molar-refractivity contribution in [2.24, 2.45) is 0 Å². The molecule has 2 aromatic carbocycles. The molecule has 0 saturated heterocycles. The summed E-state index contributed by atoms with van der Waals surface area (Å²) >= 11 is 0. The van der Waals surface area contributed by atoms with Crippen molar-refractivity contribution >= 4 is 23.8 Å². The van der Waals surface area contributed by atoms with Gasteiger partial charge in [-0.15, -0.1) is 0 Å². The zero-order chi connectivity index (χ0) is 26.3. The molecule has 10 nitrogen and oxygen atoms in total. The van der Waals surface area contributed by atoms with E-state index in [4.69, 9.17) is 9.94 Å². The average molecular weight is 485 g/mol. The maximum Gasteiger partial charge on any atom is 0.408 e. The van der Waals surface area contributed by atoms with Crippen molar-refractivity contribution in [1.29, 1.82) is 0 Å². The second kappa shape index (κ2) is 11.5. The van der Waals surface area contributed by atoms with Crippen molar-refractivity contribution in [3.05, 3.63) is 59.7 Å². The summed E-state index contributed by atoms with van der Waals surface area (Å²) in [6.45, 7) is 7.26. The van der Waals surface area contributed by atoms with E-state index in [0.717, 1.165) is 21.6 Å². The van der Waals surface area contributed by atoms with Crippen LogP contribution in [0, 0.1) is 0 Å². The Bertz CT molecular complexity index is 1040. The van der Waals surface area contributed by atoms with Gasteiger partial charge in [-0.25, -0.2) is 10.3 Å². The molecule has 1 unspecified atom stereocenters. The number of hydrogen-bond acceptors (Lipinski definition) is 6. The summed E-state index contributed by atoms with van der Waals surface area (Å²) in [5.41, 5.74) is 3.74. The van der Waals surface area contributed by atoms with Gasteiger partial charge >= 0.3 is 6.09 Å². The van der Waals surface area contributed by atoms with Crippen LogP contribution in [0.2, 0.25) is 0 Å². The zero-order valence-electron chi connectivity index (χ0n) is 20.7. The van der Waals surface area contributed by atoms with Crippen LogP contribution in [0.25, 0.3) is 11.1 Å². The number of hydrogen-bond donors (Lipinski definition) is 4. The predicted octanol–water partition coefficient (Wildman–Crippen LogP) is 2.63. The third-order valence-corrected chi connectivity index (χ3v) is 5.17. The first kappa shape index (κ1) is 27.3. The van der Waals surface area contributed by atoms with E-state index in [0.29, 0.717) is 0 Å². The number of likely N-dealkylation sites (N-methyl/N-ethyl adjacent to an activating group) is 2. The molecule has 35 heavy (non-hydrogen) atoms. The molecule has 188 valence electrons. The fraction of sp³-hybridized carbons (Fsp3) is 0.360. The van der Waals surface area contributed by atoms with Gasteiger partial charge in [0, 0.05) is 19.7 Å². The molecule has 4 amide bonds. The Labute approximate surface area is 204 Å². The maximum atomic E-state index is 12.8. The van der Waals surface area contributed by atoms with Gasteiger partial charge in [-0.1, -0.05) is 36.4 Å². The molecular formula is C25H32N4O6. The fourth-order valence-corrected chi connectivity index (χ4v) is 3.33. The van der Waals surface area contributed by atoms with Gasteiger partial charge < -0.3 is 20.3 Å². The van der Waals surface area contributed by atoms with Crippen LogP contribution in [0.15, 0.2) is 48.5 Å². The van der Waals surface area contributed by atoms with Gasteiger partial charge in [-0.3, -0.25) is 19.6 Å². The molecule has 2 aromatic rings. The minimum Gasteiger partial charge on any atom is -0.444 e. The van der Waals surface area contributed by atoms with Crippen molar-refractivity contribution in [3.63, 3.8) is 0 Å². The van der Waals surface area contributed by atoms with Crippen LogP contribution < -0.4 is 16.1 Å². The first-order chi connectivity index (χ1) is 16.4. The van der Waals surface area contributed by atoms with E-state index in [1.807, 2.05) is 31.2 Å². The van der Waals surface area contributed by atoms with Crippen LogP contribution in [0.1, 0.15) is 49.7 Å². The highest BCUT2D eigenvalue weighted by Gasteiger charge is 2.33. The summed E-state index contributed by atoms with van der Waals surface area (Å²) in [5.74, 6) is -2.32. The van der Waals surface area contributed by atoms with Gasteiger partial charge in [-0.2, -0.15) is 0 Å². The number of alkyl carbamates (subject to hydrolysis) is 1. The molecule has 0 bridgehead atoms. The predicted molar refractivity (Wildman–Crippen MR) is 130 cm³/mol. The molecule has 4 N–H and O–H groups in total. The molecule has 0 radical (unpaired) electrons. The second-order valence-corrected chi connectivity index (χ2v) is 8.98. The molecule has 0 aromatic heterocycles. The number of nitrogens with one attached hydrogen (secondary N) is 3. The Balaban J connectivity index is 2.12. The first-order valence-corrected chi connectivity index (χ1v) is 11.0. The topological polar surface area (TPSA) is 137 Å². The van der Waals surface area contributed by atoms with Crippen LogP contribution >= 0.6 is 0 Å². The lowest BCUT2D eigenvalue weighted by Gasteiger charge is -2.25. The van der Waals surface area contributed by atoms with Crippen molar-refractivity contribution in [1.82, 2.24) is 21.0 Å². The third-order valence-electron chi connectivity index (χ3n) is 5.17. The molecule has 0 saturated carbocycles. The number of ether oxygens (including phenoxy) is 1. The molecule has 0 heterocycles. The lowest BCUT2D eigenvalue weighted by Crippen LogP contribution is -2.54. The fourth-order valence-electron chi connectivity index (χ4n) is 3.33. The monoisotopic (exact) mass is 484 g/mol. The highest BCUT2D eigenvalue weighted by Crippen LogP contribution is 2.23. The van der Waals surface area contributed by atoms with E-state index in [1.54, 1.807) is 45.0 Å². The SMILES string of the molecule is CNC(=O)C(C(=O)NO)N(C)C(=O)c1ccc(-c2ccc([C@@H](C)NC(=O)OC(C)(C)C)cc2)cc1. The highest BCUT2D eigenvalue weighted by molar-refractivity contribution is 6.08. The van der Waals surface area contributed by atoms with E-state index >= 15 is 0 Å². The van der Waals surface area contributed by atoms with Gasteiger partial charge in [0.05, 0.1) is 6.04 Å². The lowest BCUT2D eigenvalue weighted by molar-refractivity contribution is -0.140. The van der Waals surface area contributed by atoms with Gasteiger partial charge in [0.1, 0.15) is 5.60 Å². The van der Waals surface area contributed by atoms with Gasteiger partial charge in [0.15, 0.2) is 6.04 Å². The number of benzene rings is 2. The van der Waals surface area contributed by atoms with Crippen molar-refractivity contribution in [3.8, 4) is 11.1 Å². The number of hydroxylamine groups is 1. The normalized spacial score (nSPS) is 12.7. The molecule has 0 aliphatic carbocycles. The minimum atomic E-state index is -1.53. The third kappa shape index (κ3) is 7.28. The Morgan fingerprint density at radius 1 is 0.914 bits per heavy atom. The van der Waals surface area contributed by atoms with Crippen LogP contribution in [0.5, 0.6) is 0 Å². The van der Waals surface area contributed by atoms with Gasteiger partial charge in [0.25, 0.3) is 17.7 Å². The van der Waals surface area contributed by atoms with Gasteiger partial charge in [0.2, 0.25) is 0 Å². The van der Waals surface area contributed by atoms with E-state index in [9.17, 15) is 19.2 Å². The number of amides is 4. The minimum absolute atomic E-state index is 0.251. The zero-order valence-corrected chi connectivity index (χ0v) is 20.7.